The van der Waals surface area contributed by atoms with Gasteiger partial charge in [0, 0.05) is 25.2 Å². The standard InChI is InChI=1S/C14H22N2/c1-11(12-7-5-4-6-8-12)16-9-13(15)14(2,3)10-16/h4-8,11,13H,9-10,15H2,1-3H3/t11-,13?/m1/s1. The van der Waals surface area contributed by atoms with Crippen LogP contribution in [-0.4, -0.2) is 24.0 Å². The van der Waals surface area contributed by atoms with Crippen LogP contribution in [0.2, 0.25) is 0 Å². The van der Waals surface area contributed by atoms with Gasteiger partial charge in [-0.2, -0.15) is 0 Å². The summed E-state index contributed by atoms with van der Waals surface area (Å²) in [6.45, 7) is 8.88. The van der Waals surface area contributed by atoms with Gasteiger partial charge in [-0.05, 0) is 17.9 Å². The maximum absolute atomic E-state index is 6.18. The SMILES string of the molecule is C[C@H](c1ccccc1)N1CC(N)C(C)(C)C1. The van der Waals surface area contributed by atoms with Gasteiger partial charge in [0.15, 0.2) is 0 Å². The smallest absolute Gasteiger partial charge is 0.0320 e. The normalized spacial score (nSPS) is 26.9. The topological polar surface area (TPSA) is 29.3 Å². The number of rotatable bonds is 2. The first-order valence-corrected chi connectivity index (χ1v) is 6.05. The summed E-state index contributed by atoms with van der Waals surface area (Å²) >= 11 is 0. The Labute approximate surface area is 98.4 Å². The predicted octanol–water partition coefficient (Wildman–Crippen LogP) is 2.42. The molecule has 0 saturated carbocycles. The molecule has 2 heteroatoms. The Kier molecular flexibility index (Phi) is 3.04. The van der Waals surface area contributed by atoms with E-state index in [4.69, 9.17) is 5.73 Å². The van der Waals surface area contributed by atoms with E-state index >= 15 is 0 Å². The van der Waals surface area contributed by atoms with Crippen molar-refractivity contribution in [3.8, 4) is 0 Å². The second-order valence-electron chi connectivity index (χ2n) is 5.61. The summed E-state index contributed by atoms with van der Waals surface area (Å²) in [4.78, 5) is 2.49. The van der Waals surface area contributed by atoms with Crippen LogP contribution in [0.1, 0.15) is 32.4 Å². The maximum atomic E-state index is 6.18. The number of benzene rings is 1. The molecule has 2 nitrogen and oxygen atoms in total. The minimum atomic E-state index is 0.239. The third-order valence-electron chi connectivity index (χ3n) is 3.88. The molecule has 0 aliphatic carbocycles. The average molecular weight is 218 g/mol. The molecule has 1 aromatic rings. The molecule has 1 heterocycles. The molecule has 1 fully saturated rings. The summed E-state index contributed by atoms with van der Waals surface area (Å²) in [6, 6.07) is 11.4. The summed E-state index contributed by atoms with van der Waals surface area (Å²) in [5, 5.41) is 0. The second kappa shape index (κ2) is 4.19. The summed E-state index contributed by atoms with van der Waals surface area (Å²) in [5.41, 5.74) is 7.80. The molecule has 2 atom stereocenters. The van der Waals surface area contributed by atoms with Crippen LogP contribution < -0.4 is 5.73 Å². The fourth-order valence-electron chi connectivity index (χ4n) is 2.44. The first-order valence-electron chi connectivity index (χ1n) is 6.05. The first kappa shape index (κ1) is 11.6. The van der Waals surface area contributed by atoms with E-state index in [0.717, 1.165) is 13.1 Å². The zero-order valence-corrected chi connectivity index (χ0v) is 10.5. The van der Waals surface area contributed by atoms with Crippen molar-refractivity contribution in [3.05, 3.63) is 35.9 Å². The van der Waals surface area contributed by atoms with Crippen molar-refractivity contribution in [2.75, 3.05) is 13.1 Å². The first-order chi connectivity index (χ1) is 7.50. The van der Waals surface area contributed by atoms with Gasteiger partial charge in [-0.25, -0.2) is 0 Å². The van der Waals surface area contributed by atoms with Crippen molar-refractivity contribution < 1.29 is 0 Å². The quantitative estimate of drug-likeness (QED) is 0.826. The van der Waals surface area contributed by atoms with Crippen molar-refractivity contribution in [3.63, 3.8) is 0 Å². The molecule has 1 aliphatic heterocycles. The van der Waals surface area contributed by atoms with Crippen molar-refractivity contribution in [2.24, 2.45) is 11.1 Å². The number of nitrogens with zero attached hydrogens (tertiary/aromatic N) is 1. The van der Waals surface area contributed by atoms with Crippen LogP contribution in [0.3, 0.4) is 0 Å². The highest BCUT2D eigenvalue weighted by Gasteiger charge is 2.38. The number of likely N-dealkylation sites (tertiary alicyclic amines) is 1. The third-order valence-corrected chi connectivity index (χ3v) is 3.88. The molecule has 0 amide bonds. The lowest BCUT2D eigenvalue weighted by molar-refractivity contribution is 0.232. The highest BCUT2D eigenvalue weighted by molar-refractivity contribution is 5.19. The van der Waals surface area contributed by atoms with Crippen molar-refractivity contribution >= 4 is 0 Å². The largest absolute Gasteiger partial charge is 0.326 e. The molecule has 0 aromatic heterocycles. The highest BCUT2D eigenvalue weighted by atomic mass is 15.2. The summed E-state index contributed by atoms with van der Waals surface area (Å²) in [7, 11) is 0. The Hall–Kier alpha value is -0.860. The van der Waals surface area contributed by atoms with E-state index in [0.29, 0.717) is 12.1 Å². The minimum Gasteiger partial charge on any atom is -0.326 e. The lowest BCUT2D eigenvalue weighted by Gasteiger charge is -2.26. The van der Waals surface area contributed by atoms with Crippen LogP contribution in [-0.2, 0) is 0 Å². The average Bonchev–Trinajstić information content (AvgIpc) is 2.54. The third kappa shape index (κ3) is 2.13. The van der Waals surface area contributed by atoms with Crippen molar-refractivity contribution in [1.29, 1.82) is 0 Å². The second-order valence-corrected chi connectivity index (χ2v) is 5.61. The monoisotopic (exact) mass is 218 g/mol. The van der Waals surface area contributed by atoms with E-state index in [9.17, 15) is 0 Å². The van der Waals surface area contributed by atoms with Gasteiger partial charge >= 0.3 is 0 Å². The molecule has 0 spiro atoms. The molecule has 1 unspecified atom stereocenters. The van der Waals surface area contributed by atoms with Crippen LogP contribution in [0.5, 0.6) is 0 Å². The summed E-state index contributed by atoms with van der Waals surface area (Å²) in [5.74, 6) is 0. The van der Waals surface area contributed by atoms with Gasteiger partial charge in [-0.3, -0.25) is 4.90 Å². The van der Waals surface area contributed by atoms with Gasteiger partial charge in [0.2, 0.25) is 0 Å². The van der Waals surface area contributed by atoms with Gasteiger partial charge in [0.25, 0.3) is 0 Å². The molecule has 0 bridgehead atoms. The molecule has 2 N–H and O–H groups in total. The van der Waals surface area contributed by atoms with Gasteiger partial charge < -0.3 is 5.73 Å². The van der Waals surface area contributed by atoms with E-state index in [2.05, 4.69) is 56.0 Å². The fourth-order valence-corrected chi connectivity index (χ4v) is 2.44. The molecule has 0 radical (unpaired) electrons. The Morgan fingerprint density at radius 3 is 2.44 bits per heavy atom. The predicted molar refractivity (Wildman–Crippen MR) is 68.2 cm³/mol. The summed E-state index contributed by atoms with van der Waals surface area (Å²) < 4.78 is 0. The minimum absolute atomic E-state index is 0.239. The van der Waals surface area contributed by atoms with Crippen LogP contribution in [0.25, 0.3) is 0 Å². The van der Waals surface area contributed by atoms with E-state index in [-0.39, 0.29) is 5.41 Å². The Bertz CT molecular complexity index is 345. The number of hydrogen-bond donors (Lipinski definition) is 1. The van der Waals surface area contributed by atoms with Crippen molar-refractivity contribution in [2.45, 2.75) is 32.9 Å². The molecule has 16 heavy (non-hydrogen) atoms. The lowest BCUT2D eigenvalue weighted by atomic mass is 9.89. The van der Waals surface area contributed by atoms with E-state index in [1.807, 2.05) is 0 Å². The van der Waals surface area contributed by atoms with E-state index in [1.165, 1.54) is 5.56 Å². The van der Waals surface area contributed by atoms with Gasteiger partial charge in [0.05, 0.1) is 0 Å². The molecular formula is C14H22N2. The maximum Gasteiger partial charge on any atom is 0.0320 e. The van der Waals surface area contributed by atoms with Crippen molar-refractivity contribution in [1.82, 2.24) is 4.90 Å². The summed E-state index contributed by atoms with van der Waals surface area (Å²) in [6.07, 6.45) is 0. The fraction of sp³-hybridized carbons (Fsp3) is 0.571. The molecular weight excluding hydrogens is 196 g/mol. The molecule has 1 aliphatic rings. The zero-order valence-electron chi connectivity index (χ0n) is 10.5. The molecule has 2 rings (SSSR count). The Morgan fingerprint density at radius 1 is 1.31 bits per heavy atom. The van der Waals surface area contributed by atoms with Gasteiger partial charge in [-0.15, -0.1) is 0 Å². The lowest BCUT2D eigenvalue weighted by Crippen LogP contribution is -2.35. The van der Waals surface area contributed by atoms with E-state index < -0.39 is 0 Å². The Balaban J connectivity index is 2.11. The van der Waals surface area contributed by atoms with Crippen LogP contribution in [0.15, 0.2) is 30.3 Å². The van der Waals surface area contributed by atoms with E-state index in [1.54, 1.807) is 0 Å². The highest BCUT2D eigenvalue weighted by Crippen LogP contribution is 2.33. The molecule has 88 valence electrons. The van der Waals surface area contributed by atoms with Gasteiger partial charge in [0.1, 0.15) is 0 Å². The van der Waals surface area contributed by atoms with Gasteiger partial charge in [-0.1, -0.05) is 44.2 Å². The Morgan fingerprint density at radius 2 is 1.94 bits per heavy atom. The number of hydrogen-bond acceptors (Lipinski definition) is 2. The number of nitrogens with two attached hydrogens (primary N) is 1. The molecule has 1 aromatic carbocycles. The van der Waals surface area contributed by atoms with Crippen LogP contribution in [0.4, 0.5) is 0 Å². The zero-order chi connectivity index (χ0) is 11.8. The van der Waals surface area contributed by atoms with Crippen LogP contribution in [0, 0.1) is 5.41 Å². The molecule has 1 saturated heterocycles. The van der Waals surface area contributed by atoms with Crippen LogP contribution >= 0.6 is 0 Å².